The van der Waals surface area contributed by atoms with Gasteiger partial charge in [0.25, 0.3) is 10.0 Å². The predicted octanol–water partition coefficient (Wildman–Crippen LogP) is 5.32. The fourth-order valence-electron chi connectivity index (χ4n) is 3.74. The van der Waals surface area contributed by atoms with Gasteiger partial charge in [-0.25, -0.2) is 8.42 Å². The van der Waals surface area contributed by atoms with E-state index in [0.29, 0.717) is 16.5 Å². The van der Waals surface area contributed by atoms with Crippen LogP contribution in [0.15, 0.2) is 65.6 Å². The number of ether oxygens (including phenoxy) is 2. The maximum atomic E-state index is 13.7. The van der Waals surface area contributed by atoms with E-state index in [1.54, 1.807) is 24.3 Å². The van der Waals surface area contributed by atoms with Crippen LogP contribution < -0.4 is 19.1 Å². The van der Waals surface area contributed by atoms with Crippen molar-refractivity contribution in [2.45, 2.75) is 31.6 Å². The number of carbonyl (C=O) groups is 1. The quantitative estimate of drug-likeness (QED) is 0.394. The Balaban J connectivity index is 2.02. The fourth-order valence-corrected chi connectivity index (χ4v) is 5.30. The van der Waals surface area contributed by atoms with Gasteiger partial charge in [-0.15, -0.1) is 0 Å². The van der Waals surface area contributed by atoms with Crippen LogP contribution in [0.1, 0.15) is 25.0 Å². The Morgan fingerprint density at radius 3 is 2.06 bits per heavy atom. The van der Waals surface area contributed by atoms with E-state index in [4.69, 9.17) is 21.1 Å². The van der Waals surface area contributed by atoms with Crippen LogP contribution in [0, 0.1) is 0 Å². The molecule has 0 atom stereocenters. The number of carbonyl (C=O) groups excluding carboxylic acids is 1. The molecule has 0 bridgehead atoms. The third-order valence-electron chi connectivity index (χ3n) is 5.61. The number of aryl methyl sites for hydroxylation is 2. The molecule has 0 aromatic heterocycles. The van der Waals surface area contributed by atoms with E-state index in [1.165, 1.54) is 32.4 Å². The molecule has 7 nitrogen and oxygen atoms in total. The van der Waals surface area contributed by atoms with Gasteiger partial charge in [-0.3, -0.25) is 9.10 Å². The smallest absolute Gasteiger partial charge is 0.264 e. The van der Waals surface area contributed by atoms with Crippen LogP contribution in [0.5, 0.6) is 11.5 Å². The highest BCUT2D eigenvalue weighted by Crippen LogP contribution is 2.32. The first-order valence-corrected chi connectivity index (χ1v) is 13.0. The van der Waals surface area contributed by atoms with Crippen molar-refractivity contribution < 1.29 is 22.7 Å². The summed E-state index contributed by atoms with van der Waals surface area (Å²) in [5.74, 6) is 0.198. The highest BCUT2D eigenvalue weighted by atomic mass is 35.5. The molecule has 0 aliphatic rings. The average molecular weight is 517 g/mol. The lowest BCUT2D eigenvalue weighted by Gasteiger charge is -2.25. The number of para-hydroxylation sites is 1. The molecule has 186 valence electrons. The summed E-state index contributed by atoms with van der Waals surface area (Å²) in [7, 11) is -1.26. The SMILES string of the molecule is CCc1cccc(CC)c1NC(=O)CN(c1ccc(Cl)cc1)S(=O)(=O)c1ccc(OC)c(OC)c1. The third kappa shape index (κ3) is 5.89. The third-order valence-corrected chi connectivity index (χ3v) is 7.63. The second kappa shape index (κ2) is 11.5. The van der Waals surface area contributed by atoms with E-state index in [2.05, 4.69) is 5.32 Å². The topological polar surface area (TPSA) is 84.9 Å². The number of benzene rings is 3. The Morgan fingerprint density at radius 2 is 1.51 bits per heavy atom. The van der Waals surface area contributed by atoms with Crippen molar-refractivity contribution >= 4 is 38.9 Å². The first-order chi connectivity index (χ1) is 16.7. The molecule has 0 aliphatic carbocycles. The summed E-state index contributed by atoms with van der Waals surface area (Å²) in [4.78, 5) is 13.2. The molecule has 1 N–H and O–H groups in total. The van der Waals surface area contributed by atoms with Crippen molar-refractivity contribution in [3.8, 4) is 11.5 Å². The molecule has 35 heavy (non-hydrogen) atoms. The maximum Gasteiger partial charge on any atom is 0.264 e. The Morgan fingerprint density at radius 1 is 0.914 bits per heavy atom. The number of nitrogens with one attached hydrogen (secondary N) is 1. The number of methoxy groups -OCH3 is 2. The van der Waals surface area contributed by atoms with Gasteiger partial charge in [0, 0.05) is 16.8 Å². The number of hydrogen-bond acceptors (Lipinski definition) is 5. The van der Waals surface area contributed by atoms with Gasteiger partial charge in [0.2, 0.25) is 5.91 Å². The average Bonchev–Trinajstić information content (AvgIpc) is 2.87. The first kappa shape index (κ1) is 26.4. The van der Waals surface area contributed by atoms with E-state index in [9.17, 15) is 13.2 Å². The predicted molar refractivity (Wildman–Crippen MR) is 139 cm³/mol. The van der Waals surface area contributed by atoms with Crippen LogP contribution in [-0.2, 0) is 27.7 Å². The molecule has 0 saturated heterocycles. The van der Waals surface area contributed by atoms with E-state index in [0.717, 1.165) is 34.0 Å². The second-order valence-corrected chi connectivity index (χ2v) is 10.0. The second-order valence-electron chi connectivity index (χ2n) is 7.71. The number of hydrogen-bond donors (Lipinski definition) is 1. The summed E-state index contributed by atoms with van der Waals surface area (Å²) >= 11 is 6.02. The molecule has 0 heterocycles. The van der Waals surface area contributed by atoms with E-state index in [1.807, 2.05) is 32.0 Å². The van der Waals surface area contributed by atoms with Gasteiger partial charge >= 0.3 is 0 Å². The van der Waals surface area contributed by atoms with Gasteiger partial charge in [0.1, 0.15) is 6.54 Å². The number of amides is 1. The minimum atomic E-state index is -4.15. The molecule has 0 unspecified atom stereocenters. The van der Waals surface area contributed by atoms with Gasteiger partial charge < -0.3 is 14.8 Å². The molecule has 1 amide bonds. The summed E-state index contributed by atoms with van der Waals surface area (Å²) < 4.78 is 39.0. The lowest BCUT2D eigenvalue weighted by Crippen LogP contribution is -2.38. The van der Waals surface area contributed by atoms with Crippen molar-refractivity contribution in [1.29, 1.82) is 0 Å². The highest BCUT2D eigenvalue weighted by molar-refractivity contribution is 7.92. The zero-order chi connectivity index (χ0) is 25.6. The molecular formula is C26H29ClN2O5S. The van der Waals surface area contributed by atoms with Crippen LogP contribution in [-0.4, -0.2) is 35.1 Å². The van der Waals surface area contributed by atoms with Crippen LogP contribution in [0.25, 0.3) is 0 Å². The van der Waals surface area contributed by atoms with Gasteiger partial charge in [0.15, 0.2) is 11.5 Å². The van der Waals surface area contributed by atoms with E-state index >= 15 is 0 Å². The van der Waals surface area contributed by atoms with Crippen molar-refractivity contribution in [2.75, 3.05) is 30.4 Å². The lowest BCUT2D eigenvalue weighted by atomic mass is 10.0. The van der Waals surface area contributed by atoms with Gasteiger partial charge in [-0.05, 0) is 60.4 Å². The summed E-state index contributed by atoms with van der Waals surface area (Å²) in [6.07, 6.45) is 1.46. The number of sulfonamides is 1. The Kier molecular flexibility index (Phi) is 8.64. The summed E-state index contributed by atoms with van der Waals surface area (Å²) in [6, 6.07) is 16.4. The summed E-state index contributed by atoms with van der Waals surface area (Å²) in [5.41, 5.74) is 3.00. The molecule has 0 spiro atoms. The van der Waals surface area contributed by atoms with Crippen molar-refractivity contribution in [1.82, 2.24) is 0 Å². The van der Waals surface area contributed by atoms with Crippen molar-refractivity contribution in [3.05, 3.63) is 76.8 Å². The largest absolute Gasteiger partial charge is 0.493 e. The standard InChI is InChI=1S/C26H29ClN2O5S/c1-5-18-8-7-9-19(6-2)26(18)28-25(30)17-29(21-12-10-20(27)11-13-21)35(31,32)22-14-15-23(33-3)24(16-22)34-4/h7-16H,5-6,17H2,1-4H3,(H,28,30). The number of anilines is 2. The van der Waals surface area contributed by atoms with Crippen LogP contribution in [0.3, 0.4) is 0 Å². The summed E-state index contributed by atoms with van der Waals surface area (Å²) in [6.45, 7) is 3.58. The zero-order valence-corrected chi connectivity index (χ0v) is 21.7. The number of rotatable bonds is 10. The highest BCUT2D eigenvalue weighted by Gasteiger charge is 2.29. The molecule has 3 aromatic rings. The summed E-state index contributed by atoms with van der Waals surface area (Å²) in [5, 5.41) is 3.39. The first-order valence-electron chi connectivity index (χ1n) is 11.2. The molecular weight excluding hydrogens is 488 g/mol. The molecule has 3 aromatic carbocycles. The Labute approximate surface area is 211 Å². The Bertz CT molecular complexity index is 1270. The van der Waals surface area contributed by atoms with Gasteiger partial charge in [0.05, 0.1) is 24.8 Å². The molecule has 9 heteroatoms. The van der Waals surface area contributed by atoms with Crippen molar-refractivity contribution in [2.24, 2.45) is 0 Å². The zero-order valence-electron chi connectivity index (χ0n) is 20.2. The van der Waals surface area contributed by atoms with E-state index in [-0.39, 0.29) is 10.6 Å². The van der Waals surface area contributed by atoms with Crippen LogP contribution in [0.4, 0.5) is 11.4 Å². The van der Waals surface area contributed by atoms with Gasteiger partial charge in [-0.1, -0.05) is 43.6 Å². The molecule has 3 rings (SSSR count). The van der Waals surface area contributed by atoms with E-state index < -0.39 is 22.5 Å². The molecule has 0 saturated carbocycles. The monoisotopic (exact) mass is 516 g/mol. The van der Waals surface area contributed by atoms with Crippen LogP contribution in [0.2, 0.25) is 5.02 Å². The Hall–Kier alpha value is -3.23. The minimum Gasteiger partial charge on any atom is -0.493 e. The van der Waals surface area contributed by atoms with Crippen LogP contribution >= 0.6 is 11.6 Å². The normalized spacial score (nSPS) is 11.1. The number of halogens is 1. The lowest BCUT2D eigenvalue weighted by molar-refractivity contribution is -0.114. The molecule has 0 radical (unpaired) electrons. The molecule has 0 aliphatic heterocycles. The number of nitrogens with zero attached hydrogens (tertiary/aromatic N) is 1. The molecule has 0 fully saturated rings. The maximum absolute atomic E-state index is 13.7. The minimum absolute atomic E-state index is 0.0406. The van der Waals surface area contributed by atoms with Gasteiger partial charge in [-0.2, -0.15) is 0 Å². The fraction of sp³-hybridized carbons (Fsp3) is 0.269. The van der Waals surface area contributed by atoms with Crippen molar-refractivity contribution in [3.63, 3.8) is 0 Å².